The van der Waals surface area contributed by atoms with E-state index in [-0.39, 0.29) is 5.91 Å². The van der Waals surface area contributed by atoms with Crippen LogP contribution in [0.4, 0.5) is 5.13 Å². The average molecular weight is 229 g/mol. The molecule has 5 nitrogen and oxygen atoms in total. The zero-order chi connectivity index (χ0) is 11.4. The molecule has 0 fully saturated rings. The van der Waals surface area contributed by atoms with Crippen LogP contribution < -0.4 is 5.73 Å². The lowest BCUT2D eigenvalue weighted by Crippen LogP contribution is -2.29. The van der Waals surface area contributed by atoms with E-state index in [1.165, 1.54) is 16.2 Å². The van der Waals surface area contributed by atoms with Crippen LogP contribution in [0.3, 0.4) is 0 Å². The van der Waals surface area contributed by atoms with Crippen molar-refractivity contribution in [1.82, 2.24) is 9.88 Å². The van der Waals surface area contributed by atoms with Crippen molar-refractivity contribution in [3.05, 3.63) is 11.1 Å². The highest BCUT2D eigenvalue weighted by Crippen LogP contribution is 2.12. The Kier molecular flexibility index (Phi) is 4.05. The summed E-state index contributed by atoms with van der Waals surface area (Å²) in [7, 11) is 1.68. The smallest absolute Gasteiger partial charge is 0.273 e. The molecule has 3 N–H and O–H groups in total. The molecule has 1 atom stereocenters. The number of hydrogen-bond donors (Lipinski definition) is 2. The largest absolute Gasteiger partial charge is 0.393 e. The number of aliphatic hydroxyl groups is 1. The lowest BCUT2D eigenvalue weighted by atomic mass is 10.2. The molecule has 0 bridgehead atoms. The summed E-state index contributed by atoms with van der Waals surface area (Å²) < 4.78 is 0. The van der Waals surface area contributed by atoms with Crippen LogP contribution in [-0.4, -0.2) is 40.6 Å². The van der Waals surface area contributed by atoms with Gasteiger partial charge in [0.15, 0.2) is 5.13 Å². The van der Waals surface area contributed by atoms with E-state index < -0.39 is 6.10 Å². The van der Waals surface area contributed by atoms with E-state index in [9.17, 15) is 4.79 Å². The minimum Gasteiger partial charge on any atom is -0.393 e. The van der Waals surface area contributed by atoms with Crippen molar-refractivity contribution in [2.45, 2.75) is 19.4 Å². The Morgan fingerprint density at radius 3 is 2.93 bits per heavy atom. The van der Waals surface area contributed by atoms with Gasteiger partial charge >= 0.3 is 0 Å². The highest BCUT2D eigenvalue weighted by atomic mass is 32.1. The SMILES string of the molecule is CC(O)CCN(C)C(=O)c1csc(N)n1. The first-order chi connectivity index (χ1) is 7.00. The molecule has 1 heterocycles. The molecule has 1 amide bonds. The molecule has 0 saturated heterocycles. The number of aliphatic hydroxyl groups excluding tert-OH is 1. The Labute approximate surface area is 92.5 Å². The lowest BCUT2D eigenvalue weighted by molar-refractivity contribution is 0.0764. The molecular formula is C9H15N3O2S. The first-order valence-corrected chi connectivity index (χ1v) is 5.53. The molecule has 1 unspecified atom stereocenters. The van der Waals surface area contributed by atoms with Gasteiger partial charge in [-0.1, -0.05) is 0 Å². The van der Waals surface area contributed by atoms with E-state index in [4.69, 9.17) is 10.8 Å². The molecule has 0 spiro atoms. The van der Waals surface area contributed by atoms with E-state index in [0.717, 1.165) is 0 Å². The van der Waals surface area contributed by atoms with Gasteiger partial charge in [-0.15, -0.1) is 11.3 Å². The molecule has 0 saturated carbocycles. The minimum atomic E-state index is -0.402. The Balaban J connectivity index is 2.53. The number of carbonyl (C=O) groups is 1. The van der Waals surface area contributed by atoms with Gasteiger partial charge < -0.3 is 15.7 Å². The quantitative estimate of drug-likeness (QED) is 0.791. The zero-order valence-corrected chi connectivity index (χ0v) is 9.62. The second kappa shape index (κ2) is 5.09. The number of nitrogens with two attached hydrogens (primary N) is 1. The minimum absolute atomic E-state index is 0.163. The first-order valence-electron chi connectivity index (χ1n) is 4.65. The molecule has 15 heavy (non-hydrogen) atoms. The molecule has 0 aliphatic carbocycles. The summed E-state index contributed by atoms with van der Waals surface area (Å²) in [5.41, 5.74) is 5.80. The summed E-state index contributed by atoms with van der Waals surface area (Å²) in [5.74, 6) is -0.163. The topological polar surface area (TPSA) is 79.5 Å². The van der Waals surface area contributed by atoms with Gasteiger partial charge in [0.25, 0.3) is 5.91 Å². The summed E-state index contributed by atoms with van der Waals surface area (Å²) in [4.78, 5) is 17.1. The van der Waals surface area contributed by atoms with E-state index in [1.54, 1.807) is 19.4 Å². The maximum absolute atomic E-state index is 11.7. The van der Waals surface area contributed by atoms with Crippen LogP contribution in [0.2, 0.25) is 0 Å². The maximum Gasteiger partial charge on any atom is 0.273 e. The summed E-state index contributed by atoms with van der Waals surface area (Å²) in [6.07, 6.45) is 0.155. The van der Waals surface area contributed by atoms with Crippen molar-refractivity contribution in [1.29, 1.82) is 0 Å². The van der Waals surface area contributed by atoms with Crippen LogP contribution in [0.1, 0.15) is 23.8 Å². The highest BCUT2D eigenvalue weighted by Gasteiger charge is 2.14. The fourth-order valence-corrected chi connectivity index (χ4v) is 1.60. The number of carbonyl (C=O) groups excluding carboxylic acids is 1. The third-order valence-corrected chi connectivity index (χ3v) is 2.64. The zero-order valence-electron chi connectivity index (χ0n) is 8.80. The van der Waals surface area contributed by atoms with Crippen LogP contribution in [0, 0.1) is 0 Å². The van der Waals surface area contributed by atoms with Crippen LogP contribution >= 0.6 is 11.3 Å². The number of thiazole rings is 1. The molecule has 1 rings (SSSR count). The van der Waals surface area contributed by atoms with E-state index >= 15 is 0 Å². The number of amides is 1. The van der Waals surface area contributed by atoms with Crippen molar-refractivity contribution >= 4 is 22.4 Å². The molecule has 0 radical (unpaired) electrons. The highest BCUT2D eigenvalue weighted by molar-refractivity contribution is 7.13. The fraction of sp³-hybridized carbons (Fsp3) is 0.556. The maximum atomic E-state index is 11.7. The molecule has 0 aliphatic rings. The first kappa shape index (κ1) is 11.9. The van der Waals surface area contributed by atoms with Gasteiger partial charge in [-0.25, -0.2) is 4.98 Å². The van der Waals surface area contributed by atoms with Crippen molar-refractivity contribution in [2.24, 2.45) is 0 Å². The molecule has 84 valence electrons. The van der Waals surface area contributed by atoms with Gasteiger partial charge in [-0.05, 0) is 13.3 Å². The molecule has 1 aromatic rings. The number of anilines is 1. The Bertz CT molecular complexity index is 338. The van der Waals surface area contributed by atoms with Crippen molar-refractivity contribution in [3.63, 3.8) is 0 Å². The number of aromatic nitrogens is 1. The molecular weight excluding hydrogens is 214 g/mol. The van der Waals surface area contributed by atoms with Gasteiger partial charge in [0.05, 0.1) is 6.10 Å². The second-order valence-electron chi connectivity index (χ2n) is 3.44. The Hall–Kier alpha value is -1.14. The van der Waals surface area contributed by atoms with E-state index in [0.29, 0.717) is 23.8 Å². The van der Waals surface area contributed by atoms with Gasteiger partial charge in [-0.3, -0.25) is 4.79 Å². The average Bonchev–Trinajstić information content (AvgIpc) is 2.60. The van der Waals surface area contributed by atoms with Gasteiger partial charge in [0, 0.05) is 19.0 Å². The lowest BCUT2D eigenvalue weighted by Gasteiger charge is -2.16. The number of hydrogen-bond acceptors (Lipinski definition) is 5. The monoisotopic (exact) mass is 229 g/mol. The number of rotatable bonds is 4. The molecule has 0 aromatic carbocycles. The number of nitrogens with zero attached hydrogens (tertiary/aromatic N) is 2. The standard InChI is InChI=1S/C9H15N3O2S/c1-6(13)3-4-12(2)8(14)7-5-15-9(10)11-7/h5-6,13H,3-4H2,1-2H3,(H2,10,11). The third-order valence-electron chi connectivity index (χ3n) is 1.97. The molecule has 0 aliphatic heterocycles. The predicted molar refractivity (Wildman–Crippen MR) is 59.8 cm³/mol. The van der Waals surface area contributed by atoms with E-state index in [2.05, 4.69) is 4.98 Å². The van der Waals surface area contributed by atoms with E-state index in [1.807, 2.05) is 0 Å². The Morgan fingerprint density at radius 1 is 1.80 bits per heavy atom. The fourth-order valence-electron chi connectivity index (χ4n) is 1.06. The van der Waals surface area contributed by atoms with Crippen LogP contribution in [0.25, 0.3) is 0 Å². The van der Waals surface area contributed by atoms with Crippen molar-refractivity contribution < 1.29 is 9.90 Å². The summed E-state index contributed by atoms with van der Waals surface area (Å²) in [6, 6.07) is 0. The predicted octanol–water partition coefficient (Wildman–Crippen LogP) is 0.568. The third kappa shape index (κ3) is 3.49. The van der Waals surface area contributed by atoms with Crippen LogP contribution in [0.5, 0.6) is 0 Å². The Morgan fingerprint density at radius 2 is 2.47 bits per heavy atom. The summed E-state index contributed by atoms with van der Waals surface area (Å²) in [6.45, 7) is 2.20. The van der Waals surface area contributed by atoms with Crippen molar-refractivity contribution in [3.8, 4) is 0 Å². The molecule has 6 heteroatoms. The second-order valence-corrected chi connectivity index (χ2v) is 4.33. The van der Waals surface area contributed by atoms with Crippen molar-refractivity contribution in [2.75, 3.05) is 19.3 Å². The van der Waals surface area contributed by atoms with Gasteiger partial charge in [0.2, 0.25) is 0 Å². The van der Waals surface area contributed by atoms with Gasteiger partial charge in [-0.2, -0.15) is 0 Å². The number of nitrogen functional groups attached to an aromatic ring is 1. The summed E-state index contributed by atoms with van der Waals surface area (Å²) >= 11 is 1.24. The van der Waals surface area contributed by atoms with Crippen LogP contribution in [-0.2, 0) is 0 Å². The normalized spacial score (nSPS) is 12.5. The summed E-state index contributed by atoms with van der Waals surface area (Å²) in [5, 5.41) is 11.1. The molecule has 1 aromatic heterocycles. The van der Waals surface area contributed by atoms with Gasteiger partial charge in [0.1, 0.15) is 5.69 Å². The van der Waals surface area contributed by atoms with Crippen LogP contribution in [0.15, 0.2) is 5.38 Å².